The zero-order chi connectivity index (χ0) is 63.7. The number of ether oxygens (including phenoxy) is 4. The van der Waals surface area contributed by atoms with E-state index < -0.39 is 0 Å². The van der Waals surface area contributed by atoms with Crippen LogP contribution in [0.4, 0.5) is 0 Å². The summed E-state index contributed by atoms with van der Waals surface area (Å²) in [6.07, 6.45) is 7.52. The zero-order valence-corrected chi connectivity index (χ0v) is 55.4. The number of benzene rings is 8. The molecule has 0 N–H and O–H groups in total. The molecule has 0 saturated carbocycles. The van der Waals surface area contributed by atoms with Crippen molar-refractivity contribution in [1.29, 1.82) is 0 Å². The molecule has 16 nitrogen and oxygen atoms in total. The Morgan fingerprint density at radius 2 is 0.536 bits per heavy atom. The molecule has 0 spiro atoms. The third-order valence-corrected chi connectivity index (χ3v) is 19.9. The van der Waals surface area contributed by atoms with Crippen molar-refractivity contribution in [1.82, 2.24) is 59.5 Å². The molecule has 11 aromatic rings. The van der Waals surface area contributed by atoms with Gasteiger partial charge in [-0.3, -0.25) is 19.6 Å². The van der Waals surface area contributed by atoms with Crippen LogP contribution in [0.3, 0.4) is 0 Å². The second-order valence-electron chi connectivity index (χ2n) is 26.6. The van der Waals surface area contributed by atoms with Crippen LogP contribution in [0.15, 0.2) is 194 Å². The number of fused-ring (bicyclic) bond motifs is 20. The number of nitrogens with zero attached hydrogens (tertiary/aromatic N) is 12. The molecule has 0 amide bonds. The van der Waals surface area contributed by atoms with E-state index in [0.717, 1.165) is 197 Å². The Labute approximate surface area is 575 Å². The fraction of sp³-hybridized carbons (Fsp3) is 0.300. The van der Waals surface area contributed by atoms with Crippen LogP contribution >= 0.6 is 0 Å². The molecule has 488 valence electrons. The van der Waals surface area contributed by atoms with Gasteiger partial charge in [0.15, 0.2) is 0 Å². The molecule has 0 atom stereocenters. The minimum Gasteiger partial charge on any atom is -0.490 e. The third-order valence-electron chi connectivity index (χ3n) is 19.9. The summed E-state index contributed by atoms with van der Waals surface area (Å²) < 4.78 is 27.5. The molecule has 9 heterocycles. The van der Waals surface area contributed by atoms with Gasteiger partial charge in [0.2, 0.25) is 0 Å². The van der Waals surface area contributed by atoms with Crippen molar-refractivity contribution in [2.45, 2.75) is 102 Å². The minimum absolute atomic E-state index is 0. The van der Waals surface area contributed by atoms with Crippen molar-refractivity contribution in [3.63, 3.8) is 0 Å². The Kier molecular flexibility index (Phi) is 18.1. The van der Waals surface area contributed by atoms with Gasteiger partial charge in [0.1, 0.15) is 47.4 Å². The van der Waals surface area contributed by atoms with Gasteiger partial charge >= 0.3 is 17.1 Å². The number of aromatic nitrogens is 8. The molecule has 6 aliphatic heterocycles. The average molecular weight is 1330 g/mol. The van der Waals surface area contributed by atoms with Crippen LogP contribution in [-0.4, -0.2) is 126 Å². The van der Waals surface area contributed by atoms with Gasteiger partial charge in [0.25, 0.3) is 0 Å². The molecule has 6 aliphatic rings. The van der Waals surface area contributed by atoms with Crippen LogP contribution in [0.2, 0.25) is 0 Å². The molecular weight excluding hydrogens is 1250 g/mol. The van der Waals surface area contributed by atoms with E-state index in [1.54, 1.807) is 0 Å². The number of likely N-dealkylation sites (tertiary alicyclic amines) is 4. The van der Waals surface area contributed by atoms with E-state index in [4.69, 9.17) is 58.8 Å². The maximum atomic E-state index is 6.88. The van der Waals surface area contributed by atoms with E-state index in [2.05, 4.69) is 189 Å². The van der Waals surface area contributed by atoms with Gasteiger partial charge in [-0.25, -0.2) is 9.97 Å². The maximum absolute atomic E-state index is 6.88. The molecule has 0 radical (unpaired) electrons. The minimum atomic E-state index is 0. The second kappa shape index (κ2) is 28.0. The summed E-state index contributed by atoms with van der Waals surface area (Å²) in [6, 6.07) is 67.5. The smallest absolute Gasteiger partial charge is 0.490 e. The van der Waals surface area contributed by atoms with Gasteiger partial charge in [-0.05, 0) is 168 Å². The van der Waals surface area contributed by atoms with Crippen LogP contribution in [0.5, 0.6) is 23.0 Å². The molecule has 4 fully saturated rings. The number of hydrogen-bond acceptors (Lipinski definition) is 14. The van der Waals surface area contributed by atoms with Gasteiger partial charge in [-0.1, -0.05) is 121 Å². The van der Waals surface area contributed by atoms with Crippen LogP contribution in [0.25, 0.3) is 89.7 Å². The van der Waals surface area contributed by atoms with Crippen LogP contribution < -0.4 is 28.9 Å². The van der Waals surface area contributed by atoms with Gasteiger partial charge < -0.3 is 48.9 Å². The van der Waals surface area contributed by atoms with Crippen molar-refractivity contribution in [3.05, 3.63) is 216 Å². The topological polar surface area (TPSA) is 155 Å². The van der Waals surface area contributed by atoms with Gasteiger partial charge in [-0.2, -0.15) is 0 Å². The van der Waals surface area contributed by atoms with Gasteiger partial charge in [0, 0.05) is 123 Å². The Hall–Kier alpha value is -9.32. The molecule has 0 unspecified atom stereocenters. The molecule has 8 bridgehead atoms. The quantitative estimate of drug-likeness (QED) is 0.0842. The first-order chi connectivity index (χ1) is 47.4. The molecular formula is C80H76FeN12O4. The number of hydrogen-bond donors (Lipinski definition) is 0. The SMILES string of the molecule is [Fe+2].c1ccc(CN2CCC(Oc3ccc4c(c3)-c3nc-4nc4[n-]c(nc5nc(nc6[n-]c(n3)c3ccc(OC7CCN(Cc8ccccc8)CC7)cc63)-c3ccc(OC6CCN(Cc7ccccc7)CC6)cc3-5)c3ccc(OC5CCN(Cc6ccccc6)CC5)cc43)CC2)cc1. The van der Waals surface area contributed by atoms with Crippen molar-refractivity contribution < 1.29 is 36.0 Å². The summed E-state index contributed by atoms with van der Waals surface area (Å²) >= 11 is 0. The summed E-state index contributed by atoms with van der Waals surface area (Å²) in [5.74, 6) is 4.87. The Morgan fingerprint density at radius 1 is 0.278 bits per heavy atom. The van der Waals surface area contributed by atoms with E-state index in [1.807, 2.05) is 24.3 Å². The first kappa shape index (κ1) is 62.5. The largest absolute Gasteiger partial charge is 2.00 e. The standard InChI is InChI=1S/C80H76N12O4.Fe/c1-5-13-53(14-6-1)49-89-37-29-57(30-38-89)93-61-21-25-65-69(45-61)77-81-73(65)86-78-71-47-63(95-59-33-41-91(42-34-59)51-55-17-9-3-10-18-55)23-27-67(71)75(83-78)88-80-72-48-64(96-60-35-43-92(44-36-60)52-56-19-11-4-12-20-56)24-28-68(72)76(84-80)87-79-70-46-62(22-26-66(70)74(82-79)85-77)94-58-31-39-90(40-32-58)50-54-15-7-2-8-16-54;/h1-28,45-48,57-60H,29-44,49-52H2;/q-2;+2. The summed E-state index contributed by atoms with van der Waals surface area (Å²) in [6.45, 7) is 11.3. The molecule has 8 aromatic carbocycles. The number of piperidine rings is 4. The molecule has 4 saturated heterocycles. The Balaban J connectivity index is 0.00000738. The predicted octanol–water partition coefficient (Wildman–Crippen LogP) is 14.3. The summed E-state index contributed by atoms with van der Waals surface area (Å²) in [7, 11) is 0. The molecule has 17 rings (SSSR count). The first-order valence-corrected chi connectivity index (χ1v) is 34.4. The van der Waals surface area contributed by atoms with E-state index in [1.165, 1.54) is 22.3 Å². The van der Waals surface area contributed by atoms with E-state index in [9.17, 15) is 0 Å². The molecule has 3 aromatic heterocycles. The van der Waals surface area contributed by atoms with E-state index in [0.29, 0.717) is 45.9 Å². The van der Waals surface area contributed by atoms with Crippen molar-refractivity contribution in [3.8, 4) is 68.5 Å². The fourth-order valence-corrected chi connectivity index (χ4v) is 14.7. The van der Waals surface area contributed by atoms with Gasteiger partial charge in [0.05, 0.1) is 23.3 Å². The third kappa shape index (κ3) is 14.0. The summed E-state index contributed by atoms with van der Waals surface area (Å²) in [5, 5.41) is 3.19. The van der Waals surface area contributed by atoms with Crippen LogP contribution in [-0.2, 0) is 43.2 Å². The van der Waals surface area contributed by atoms with Crippen molar-refractivity contribution in [2.75, 3.05) is 52.4 Å². The second-order valence-corrected chi connectivity index (χ2v) is 26.6. The van der Waals surface area contributed by atoms with Crippen molar-refractivity contribution in [2.24, 2.45) is 0 Å². The van der Waals surface area contributed by atoms with E-state index in [-0.39, 0.29) is 41.5 Å². The Morgan fingerprint density at radius 3 is 0.835 bits per heavy atom. The summed E-state index contributed by atoms with van der Waals surface area (Å²) in [5.41, 5.74) is 10.4. The zero-order valence-electron chi connectivity index (χ0n) is 54.3. The summed E-state index contributed by atoms with van der Waals surface area (Å²) in [4.78, 5) is 53.0. The molecule has 97 heavy (non-hydrogen) atoms. The fourth-order valence-electron chi connectivity index (χ4n) is 14.7. The Bertz CT molecular complexity index is 4460. The normalized spacial score (nSPS) is 17.0. The molecule has 0 aliphatic carbocycles. The maximum Gasteiger partial charge on any atom is 2.00 e. The molecule has 17 heteroatoms. The first-order valence-electron chi connectivity index (χ1n) is 34.4. The van der Waals surface area contributed by atoms with Crippen LogP contribution in [0.1, 0.15) is 73.6 Å². The van der Waals surface area contributed by atoms with E-state index >= 15 is 0 Å². The predicted molar refractivity (Wildman–Crippen MR) is 375 cm³/mol. The van der Waals surface area contributed by atoms with Crippen LogP contribution in [0, 0.1) is 0 Å². The van der Waals surface area contributed by atoms with Crippen molar-refractivity contribution >= 4 is 44.1 Å². The number of rotatable bonds is 16. The van der Waals surface area contributed by atoms with Gasteiger partial charge in [-0.15, -0.1) is 0 Å². The monoisotopic (exact) mass is 1320 g/mol. The average Bonchev–Trinajstić information content (AvgIpc) is 1.61.